The molecule has 2 aromatic carbocycles. The zero-order chi connectivity index (χ0) is 22.6. The lowest BCUT2D eigenvalue weighted by molar-refractivity contribution is -0.143. The van der Waals surface area contributed by atoms with Crippen LogP contribution in [0, 0.1) is 0 Å². The molecule has 3 aromatic rings. The summed E-state index contributed by atoms with van der Waals surface area (Å²) in [5, 5.41) is 6.66. The summed E-state index contributed by atoms with van der Waals surface area (Å²) in [6, 6.07) is 10.9. The molecule has 31 heavy (non-hydrogen) atoms. The second-order valence-electron chi connectivity index (χ2n) is 6.52. The van der Waals surface area contributed by atoms with Crippen LogP contribution in [0.4, 0.5) is 13.2 Å². The van der Waals surface area contributed by atoms with E-state index < -0.39 is 23.3 Å². The predicted molar refractivity (Wildman–Crippen MR) is 109 cm³/mol. The summed E-state index contributed by atoms with van der Waals surface area (Å²) >= 11 is 5.80. The lowest BCUT2D eigenvalue weighted by atomic mass is 10.1. The Bertz CT molecular complexity index is 1040. The number of nitrogens with zero attached hydrogens (tertiary/aromatic N) is 2. The van der Waals surface area contributed by atoms with Crippen LogP contribution in [0.15, 0.2) is 48.7 Å². The number of methoxy groups -OCH3 is 2. The average molecular weight is 454 g/mol. The minimum atomic E-state index is -4.79. The number of amides is 1. The van der Waals surface area contributed by atoms with Gasteiger partial charge in [-0.05, 0) is 48.4 Å². The number of rotatable bonds is 7. The first-order valence-electron chi connectivity index (χ1n) is 9.14. The van der Waals surface area contributed by atoms with Crippen LogP contribution in [0.25, 0.3) is 5.69 Å². The molecule has 1 amide bonds. The number of alkyl halides is 3. The fourth-order valence-electron chi connectivity index (χ4n) is 2.99. The highest BCUT2D eigenvalue weighted by atomic mass is 35.5. The van der Waals surface area contributed by atoms with Gasteiger partial charge in [0.1, 0.15) is 11.5 Å². The molecule has 0 aliphatic carbocycles. The molecule has 0 saturated carbocycles. The SMILES string of the molecule is COc1cc(CCNC(=O)c2cnn(-c3ccc(Cl)cc3)c2C(F)(F)F)cc(OC)c1. The number of carbonyl (C=O) groups excluding carboxylic acids is 1. The quantitative estimate of drug-likeness (QED) is 0.570. The van der Waals surface area contributed by atoms with Crippen molar-refractivity contribution in [3.8, 4) is 17.2 Å². The van der Waals surface area contributed by atoms with Crippen molar-refractivity contribution in [2.45, 2.75) is 12.6 Å². The van der Waals surface area contributed by atoms with E-state index in [9.17, 15) is 18.0 Å². The summed E-state index contributed by atoms with van der Waals surface area (Å²) in [5.74, 6) is 0.274. The Labute approximate surface area is 181 Å². The maximum Gasteiger partial charge on any atom is 0.434 e. The van der Waals surface area contributed by atoms with Gasteiger partial charge < -0.3 is 14.8 Å². The van der Waals surface area contributed by atoms with Crippen LogP contribution < -0.4 is 14.8 Å². The largest absolute Gasteiger partial charge is 0.497 e. The normalized spacial score (nSPS) is 11.3. The Hall–Kier alpha value is -3.20. The zero-order valence-electron chi connectivity index (χ0n) is 16.7. The first kappa shape index (κ1) is 22.5. The summed E-state index contributed by atoms with van der Waals surface area (Å²) in [4.78, 5) is 12.5. The highest BCUT2D eigenvalue weighted by Crippen LogP contribution is 2.34. The van der Waals surface area contributed by atoms with Gasteiger partial charge in [0.15, 0.2) is 5.69 Å². The van der Waals surface area contributed by atoms with Crippen molar-refractivity contribution in [1.29, 1.82) is 0 Å². The van der Waals surface area contributed by atoms with E-state index in [4.69, 9.17) is 21.1 Å². The first-order chi connectivity index (χ1) is 14.7. The molecular formula is C21H19ClF3N3O3. The third kappa shape index (κ3) is 5.29. The van der Waals surface area contributed by atoms with E-state index in [2.05, 4.69) is 10.4 Å². The Morgan fingerprint density at radius 3 is 2.26 bits per heavy atom. The van der Waals surface area contributed by atoms with E-state index in [0.29, 0.717) is 27.6 Å². The summed E-state index contributed by atoms with van der Waals surface area (Å²) in [7, 11) is 3.02. The van der Waals surface area contributed by atoms with Gasteiger partial charge in [-0.15, -0.1) is 0 Å². The third-order valence-electron chi connectivity index (χ3n) is 4.46. The zero-order valence-corrected chi connectivity index (χ0v) is 17.4. The van der Waals surface area contributed by atoms with E-state index >= 15 is 0 Å². The molecule has 1 aromatic heterocycles. The highest BCUT2D eigenvalue weighted by Gasteiger charge is 2.40. The molecule has 0 spiro atoms. The Balaban J connectivity index is 1.78. The molecule has 0 aliphatic heterocycles. The lowest BCUT2D eigenvalue weighted by Crippen LogP contribution is -2.28. The van der Waals surface area contributed by atoms with Crippen molar-refractivity contribution < 1.29 is 27.4 Å². The smallest absolute Gasteiger partial charge is 0.434 e. The minimum Gasteiger partial charge on any atom is -0.497 e. The summed E-state index contributed by atoms with van der Waals surface area (Å²) in [6.45, 7) is 0.110. The lowest BCUT2D eigenvalue weighted by Gasteiger charge is -2.13. The number of nitrogens with one attached hydrogen (secondary N) is 1. The van der Waals surface area contributed by atoms with Crippen molar-refractivity contribution in [2.75, 3.05) is 20.8 Å². The molecule has 0 bridgehead atoms. The van der Waals surface area contributed by atoms with Gasteiger partial charge in [0, 0.05) is 17.6 Å². The fraction of sp³-hybridized carbons (Fsp3) is 0.238. The Kier molecular flexibility index (Phi) is 6.74. The number of carbonyl (C=O) groups is 1. The summed E-state index contributed by atoms with van der Waals surface area (Å²) in [6.07, 6.45) is -3.52. The van der Waals surface area contributed by atoms with Gasteiger partial charge in [0.05, 0.1) is 31.7 Å². The maximum absolute atomic E-state index is 13.7. The molecule has 1 heterocycles. The van der Waals surface area contributed by atoms with Crippen LogP contribution in [-0.2, 0) is 12.6 Å². The molecule has 3 rings (SSSR count). The summed E-state index contributed by atoms with van der Waals surface area (Å²) < 4.78 is 52.2. The number of benzene rings is 2. The van der Waals surface area contributed by atoms with Gasteiger partial charge in [-0.25, -0.2) is 4.68 Å². The maximum atomic E-state index is 13.7. The molecule has 0 unspecified atom stereocenters. The third-order valence-corrected chi connectivity index (χ3v) is 4.72. The standard InChI is InChI=1S/C21H19ClF3N3O3/c1-30-16-9-13(10-17(11-16)31-2)7-8-26-20(29)18-12-27-28(19(18)21(23,24)25)15-5-3-14(22)4-6-15/h3-6,9-12H,7-8H2,1-2H3,(H,26,29). The van der Waals surface area contributed by atoms with Crippen molar-refractivity contribution in [3.63, 3.8) is 0 Å². The fourth-order valence-corrected chi connectivity index (χ4v) is 3.12. The van der Waals surface area contributed by atoms with E-state index in [1.807, 2.05) is 0 Å². The average Bonchev–Trinajstić information content (AvgIpc) is 3.20. The number of halogens is 4. The highest BCUT2D eigenvalue weighted by molar-refractivity contribution is 6.30. The van der Waals surface area contributed by atoms with Crippen molar-refractivity contribution in [2.24, 2.45) is 0 Å². The first-order valence-corrected chi connectivity index (χ1v) is 9.52. The van der Waals surface area contributed by atoms with Crippen LogP contribution in [0.1, 0.15) is 21.6 Å². The van der Waals surface area contributed by atoms with Crippen LogP contribution in [-0.4, -0.2) is 36.5 Å². The van der Waals surface area contributed by atoms with Crippen LogP contribution >= 0.6 is 11.6 Å². The van der Waals surface area contributed by atoms with Gasteiger partial charge in [0.2, 0.25) is 0 Å². The van der Waals surface area contributed by atoms with Gasteiger partial charge in [-0.2, -0.15) is 18.3 Å². The Morgan fingerprint density at radius 1 is 1.10 bits per heavy atom. The topological polar surface area (TPSA) is 65.4 Å². The van der Waals surface area contributed by atoms with Gasteiger partial charge >= 0.3 is 6.18 Å². The van der Waals surface area contributed by atoms with Gasteiger partial charge in [0.25, 0.3) is 5.91 Å². The molecule has 1 N–H and O–H groups in total. The number of hydrogen-bond donors (Lipinski definition) is 1. The van der Waals surface area contributed by atoms with Crippen LogP contribution in [0.5, 0.6) is 11.5 Å². The van der Waals surface area contributed by atoms with Crippen LogP contribution in [0.2, 0.25) is 5.02 Å². The van der Waals surface area contributed by atoms with E-state index in [0.717, 1.165) is 11.8 Å². The summed E-state index contributed by atoms with van der Waals surface area (Å²) in [5.41, 5.74) is -0.787. The molecule has 0 saturated heterocycles. The van der Waals surface area contributed by atoms with E-state index in [1.54, 1.807) is 18.2 Å². The minimum absolute atomic E-state index is 0.110. The second-order valence-corrected chi connectivity index (χ2v) is 6.96. The molecule has 164 valence electrons. The van der Waals surface area contributed by atoms with Crippen molar-refractivity contribution >= 4 is 17.5 Å². The van der Waals surface area contributed by atoms with Crippen molar-refractivity contribution in [1.82, 2.24) is 15.1 Å². The van der Waals surface area contributed by atoms with Crippen molar-refractivity contribution in [3.05, 3.63) is 70.5 Å². The number of aromatic nitrogens is 2. The predicted octanol–water partition coefficient (Wildman–Crippen LogP) is 4.53. The van der Waals surface area contributed by atoms with Crippen LogP contribution in [0.3, 0.4) is 0 Å². The molecule has 0 aliphatic rings. The van der Waals surface area contributed by atoms with Gasteiger partial charge in [-0.1, -0.05) is 11.6 Å². The molecular weight excluding hydrogens is 435 g/mol. The second kappa shape index (κ2) is 9.30. The molecule has 0 radical (unpaired) electrons. The Morgan fingerprint density at radius 2 is 1.71 bits per heavy atom. The van der Waals surface area contributed by atoms with E-state index in [1.165, 1.54) is 38.5 Å². The molecule has 10 heteroatoms. The van der Waals surface area contributed by atoms with E-state index in [-0.39, 0.29) is 12.2 Å². The van der Waals surface area contributed by atoms with Gasteiger partial charge in [-0.3, -0.25) is 4.79 Å². The molecule has 0 atom stereocenters. The molecule has 6 nitrogen and oxygen atoms in total. The number of hydrogen-bond acceptors (Lipinski definition) is 4. The number of ether oxygens (including phenoxy) is 2. The monoisotopic (exact) mass is 453 g/mol. The molecule has 0 fully saturated rings.